The average molecular weight is 161 g/mol. The van der Waals surface area contributed by atoms with E-state index in [-0.39, 0.29) is 18.1 Å². The monoisotopic (exact) mass is 160 g/mol. The van der Waals surface area contributed by atoms with Crippen LogP contribution in [0.4, 0.5) is 0 Å². The molecule has 1 heterocycles. The SMILES string of the molecule is [2H]c1cnc(Br)c([2H])c1[2H]. The van der Waals surface area contributed by atoms with E-state index in [1.54, 1.807) is 0 Å². The maximum Gasteiger partial charge on any atom is 0.106 e. The van der Waals surface area contributed by atoms with Crippen LogP contribution >= 0.6 is 15.9 Å². The average Bonchev–Trinajstić information content (AvgIpc) is 1.93. The van der Waals surface area contributed by atoms with E-state index >= 15 is 0 Å². The fourth-order valence-corrected chi connectivity index (χ4v) is 0.443. The second kappa shape index (κ2) is 2.07. The third-order valence-electron chi connectivity index (χ3n) is 0.480. The zero-order valence-electron chi connectivity index (χ0n) is 6.40. The lowest BCUT2D eigenvalue weighted by Gasteiger charge is -1.80. The van der Waals surface area contributed by atoms with Crippen LogP contribution in [0.2, 0.25) is 0 Å². The second-order valence-corrected chi connectivity index (χ2v) is 1.69. The van der Waals surface area contributed by atoms with E-state index in [9.17, 15) is 0 Å². The van der Waals surface area contributed by atoms with Crippen molar-refractivity contribution in [2.24, 2.45) is 0 Å². The molecule has 1 nitrogen and oxygen atoms in total. The van der Waals surface area contributed by atoms with Gasteiger partial charge in [0.1, 0.15) is 4.60 Å². The van der Waals surface area contributed by atoms with E-state index in [1.165, 1.54) is 6.20 Å². The minimum Gasteiger partial charge on any atom is -0.249 e. The van der Waals surface area contributed by atoms with E-state index < -0.39 is 0 Å². The summed E-state index contributed by atoms with van der Waals surface area (Å²) in [6, 6.07) is -0.150. The molecule has 36 valence electrons. The standard InChI is InChI=1S/C5H4BrN/c6-5-3-1-2-4-7-5/h1-4H/i1D,2D,3D. The van der Waals surface area contributed by atoms with Gasteiger partial charge in [-0.2, -0.15) is 0 Å². The summed E-state index contributed by atoms with van der Waals surface area (Å²) in [7, 11) is 0. The Balaban J connectivity index is 3.34. The Hall–Kier alpha value is -0.370. The smallest absolute Gasteiger partial charge is 0.106 e. The molecular weight excluding hydrogens is 154 g/mol. The largest absolute Gasteiger partial charge is 0.249 e. The van der Waals surface area contributed by atoms with Crippen molar-refractivity contribution in [1.29, 1.82) is 0 Å². The number of aromatic nitrogens is 1. The molecule has 0 atom stereocenters. The van der Waals surface area contributed by atoms with E-state index in [4.69, 9.17) is 4.11 Å². The highest BCUT2D eigenvalue weighted by Crippen LogP contribution is 2.00. The van der Waals surface area contributed by atoms with Gasteiger partial charge in [-0.15, -0.1) is 0 Å². The van der Waals surface area contributed by atoms with Crippen LogP contribution in [-0.2, 0) is 0 Å². The number of hydrogen-bond donors (Lipinski definition) is 0. The molecule has 0 amide bonds. The summed E-state index contributed by atoms with van der Waals surface area (Å²) >= 11 is 2.98. The van der Waals surface area contributed by atoms with Crippen molar-refractivity contribution >= 4 is 15.9 Å². The Bertz CT molecular complexity index is 236. The summed E-state index contributed by atoms with van der Waals surface area (Å²) in [4.78, 5) is 3.66. The highest BCUT2D eigenvalue weighted by Gasteiger charge is 1.75. The normalized spacial score (nSPS) is 14.7. The van der Waals surface area contributed by atoms with Crippen LogP contribution in [0.5, 0.6) is 0 Å². The molecule has 0 spiro atoms. The van der Waals surface area contributed by atoms with E-state index in [1.807, 2.05) is 0 Å². The van der Waals surface area contributed by atoms with Crippen molar-refractivity contribution < 1.29 is 4.11 Å². The van der Waals surface area contributed by atoms with Gasteiger partial charge < -0.3 is 0 Å². The first-order valence-corrected chi connectivity index (χ1v) is 2.50. The van der Waals surface area contributed by atoms with E-state index in [0.29, 0.717) is 4.60 Å². The highest BCUT2D eigenvalue weighted by atomic mass is 79.9. The maximum atomic E-state index is 7.17. The van der Waals surface area contributed by atoms with Gasteiger partial charge in [0.2, 0.25) is 0 Å². The molecule has 0 unspecified atom stereocenters. The number of halogens is 1. The Morgan fingerprint density at radius 3 is 3.29 bits per heavy atom. The summed E-state index contributed by atoms with van der Waals surface area (Å²) < 4.78 is 21.7. The van der Waals surface area contributed by atoms with E-state index in [0.717, 1.165) is 0 Å². The lowest BCUT2D eigenvalue weighted by Crippen LogP contribution is -1.66. The molecule has 0 fully saturated rings. The fourth-order valence-electron chi connectivity index (χ4n) is 0.241. The van der Waals surface area contributed by atoms with Crippen LogP contribution in [0, 0.1) is 0 Å². The third-order valence-corrected chi connectivity index (χ3v) is 0.883. The molecule has 0 aromatic carbocycles. The van der Waals surface area contributed by atoms with Gasteiger partial charge in [-0.25, -0.2) is 4.98 Å². The predicted molar refractivity (Wildman–Crippen MR) is 31.9 cm³/mol. The maximum absolute atomic E-state index is 7.17. The molecule has 2 heteroatoms. The molecule has 0 N–H and O–H groups in total. The number of nitrogens with zero attached hydrogens (tertiary/aromatic N) is 1. The summed E-state index contributed by atoms with van der Waals surface area (Å²) in [5.41, 5.74) is 0. The second-order valence-electron chi connectivity index (χ2n) is 0.943. The molecule has 0 saturated carbocycles. The van der Waals surface area contributed by atoms with Gasteiger partial charge in [-0.1, -0.05) is 6.04 Å². The number of rotatable bonds is 0. The lowest BCUT2D eigenvalue weighted by atomic mass is 10.5. The van der Waals surface area contributed by atoms with Gasteiger partial charge in [0.05, 0.1) is 4.11 Å². The molecule has 0 radical (unpaired) electrons. The first-order chi connectivity index (χ1) is 4.63. The van der Waals surface area contributed by atoms with E-state index in [2.05, 4.69) is 20.9 Å². The first-order valence-electron chi connectivity index (χ1n) is 3.21. The Labute approximate surface area is 54.7 Å². The highest BCUT2D eigenvalue weighted by molar-refractivity contribution is 9.10. The summed E-state index contributed by atoms with van der Waals surface area (Å²) in [6.45, 7) is 0. The molecule has 1 aromatic rings. The summed E-state index contributed by atoms with van der Waals surface area (Å²) in [5.74, 6) is 0. The zero-order chi connectivity index (χ0) is 7.72. The van der Waals surface area contributed by atoms with Crippen LogP contribution < -0.4 is 0 Å². The van der Waals surface area contributed by atoms with Crippen molar-refractivity contribution in [3.8, 4) is 0 Å². The van der Waals surface area contributed by atoms with Crippen molar-refractivity contribution in [2.75, 3.05) is 0 Å². The van der Waals surface area contributed by atoms with Crippen molar-refractivity contribution in [3.05, 3.63) is 28.9 Å². The molecule has 1 aromatic heterocycles. The first kappa shape index (κ1) is 2.27. The van der Waals surface area contributed by atoms with Gasteiger partial charge >= 0.3 is 0 Å². The fraction of sp³-hybridized carbons (Fsp3) is 0. The van der Waals surface area contributed by atoms with Gasteiger partial charge in [0.15, 0.2) is 0 Å². The van der Waals surface area contributed by atoms with Crippen LogP contribution in [-0.4, -0.2) is 4.98 Å². The molecular formula is C5H4BrN. The minimum absolute atomic E-state index is 0.0202. The quantitative estimate of drug-likeness (QED) is 0.529. The molecule has 0 aliphatic carbocycles. The van der Waals surface area contributed by atoms with Gasteiger partial charge in [0, 0.05) is 6.20 Å². The van der Waals surface area contributed by atoms with Crippen molar-refractivity contribution in [3.63, 3.8) is 0 Å². The molecule has 0 bridgehead atoms. The third kappa shape index (κ3) is 1.27. The van der Waals surface area contributed by atoms with Crippen LogP contribution in [0.25, 0.3) is 0 Å². The molecule has 1 rings (SSSR count). The Kier molecular flexibility index (Phi) is 0.671. The molecule has 0 aliphatic rings. The van der Waals surface area contributed by atoms with Crippen LogP contribution in [0.1, 0.15) is 4.11 Å². The minimum atomic E-state index is -0.0955. The van der Waals surface area contributed by atoms with Crippen LogP contribution in [0.3, 0.4) is 0 Å². The zero-order valence-corrected chi connectivity index (χ0v) is 4.99. The summed E-state index contributed by atoms with van der Waals surface area (Å²) in [5, 5.41) is 0. The molecule has 7 heavy (non-hydrogen) atoms. The predicted octanol–water partition coefficient (Wildman–Crippen LogP) is 1.84. The van der Waals surface area contributed by atoms with Crippen molar-refractivity contribution in [2.45, 2.75) is 0 Å². The molecule has 0 saturated heterocycles. The van der Waals surface area contributed by atoms with Gasteiger partial charge in [-0.3, -0.25) is 0 Å². The Morgan fingerprint density at radius 2 is 2.57 bits per heavy atom. The topological polar surface area (TPSA) is 12.9 Å². The van der Waals surface area contributed by atoms with Gasteiger partial charge in [0.25, 0.3) is 0 Å². The Morgan fingerprint density at radius 1 is 1.71 bits per heavy atom. The number of pyridine rings is 1. The summed E-state index contributed by atoms with van der Waals surface area (Å²) in [6.07, 6.45) is 1.24. The number of hydrogen-bond acceptors (Lipinski definition) is 1. The van der Waals surface area contributed by atoms with Gasteiger partial charge in [-0.05, 0) is 28.0 Å². The lowest BCUT2D eigenvalue weighted by molar-refractivity contribution is 1.28. The van der Waals surface area contributed by atoms with Crippen molar-refractivity contribution in [1.82, 2.24) is 4.98 Å². The van der Waals surface area contributed by atoms with Crippen LogP contribution in [0.15, 0.2) is 28.9 Å². The molecule has 0 aliphatic heterocycles.